The number of pyridine rings is 1. The Morgan fingerprint density at radius 3 is 2.93 bits per heavy atom. The number of halogens is 1. The predicted octanol–water partition coefficient (Wildman–Crippen LogP) is 1.12. The highest BCUT2D eigenvalue weighted by Gasteiger charge is 2.20. The van der Waals surface area contributed by atoms with Crippen LogP contribution >= 0.6 is 15.9 Å². The molecule has 0 aliphatic heterocycles. The van der Waals surface area contributed by atoms with Crippen LogP contribution in [0.4, 0.5) is 0 Å². The van der Waals surface area contributed by atoms with Crippen molar-refractivity contribution in [2.75, 3.05) is 5.33 Å². The Labute approximate surface area is 95.3 Å². The molecule has 0 fully saturated rings. The minimum Gasteiger partial charge on any atom is -0.389 e. The number of aliphatic hydroxyl groups is 2. The average Bonchev–Trinajstić information content (AvgIpc) is 2.70. The Morgan fingerprint density at radius 1 is 1.40 bits per heavy atom. The Morgan fingerprint density at radius 2 is 2.20 bits per heavy atom. The predicted molar refractivity (Wildman–Crippen MR) is 60.0 cm³/mol. The van der Waals surface area contributed by atoms with E-state index in [4.69, 9.17) is 0 Å². The lowest BCUT2D eigenvalue weighted by Gasteiger charge is -2.14. The number of alkyl halides is 1. The second kappa shape index (κ2) is 4.30. The lowest BCUT2D eigenvalue weighted by molar-refractivity contribution is 0.0310. The fourth-order valence-electron chi connectivity index (χ4n) is 1.45. The summed E-state index contributed by atoms with van der Waals surface area (Å²) in [6, 6.07) is 5.57. The molecule has 0 spiro atoms. The summed E-state index contributed by atoms with van der Waals surface area (Å²) in [4.78, 5) is 4.13. The molecule has 0 amide bonds. The number of fused-ring (bicyclic) bond motifs is 1. The van der Waals surface area contributed by atoms with Gasteiger partial charge in [-0.15, -0.1) is 0 Å². The van der Waals surface area contributed by atoms with Crippen LogP contribution in [0.2, 0.25) is 0 Å². The number of nitrogens with zero attached hydrogens (tertiary/aromatic N) is 2. The van der Waals surface area contributed by atoms with Gasteiger partial charge in [-0.25, -0.2) is 4.98 Å². The summed E-state index contributed by atoms with van der Waals surface area (Å²) in [6.07, 6.45) is 1.63. The van der Waals surface area contributed by atoms with Crippen LogP contribution in [0, 0.1) is 0 Å². The molecule has 0 aromatic carbocycles. The quantitative estimate of drug-likeness (QED) is 0.822. The fourth-order valence-corrected chi connectivity index (χ4v) is 1.81. The van der Waals surface area contributed by atoms with Gasteiger partial charge in [0.1, 0.15) is 11.8 Å². The standard InChI is InChI=1S/C10H11BrN2O2/c11-5-8(14)10(15)7-6-12-9-3-1-2-4-13(7)9/h1-4,6,8,10,14-15H,5H2. The van der Waals surface area contributed by atoms with Gasteiger partial charge in [0.15, 0.2) is 0 Å². The summed E-state index contributed by atoms with van der Waals surface area (Å²) >= 11 is 3.13. The molecule has 0 bridgehead atoms. The second-order valence-electron chi connectivity index (χ2n) is 3.28. The Hall–Kier alpha value is -0.910. The average molecular weight is 271 g/mol. The molecule has 2 aromatic heterocycles. The molecule has 0 saturated heterocycles. The van der Waals surface area contributed by atoms with Gasteiger partial charge in [-0.2, -0.15) is 0 Å². The van der Waals surface area contributed by atoms with Gasteiger partial charge < -0.3 is 14.6 Å². The molecule has 2 rings (SSSR count). The molecule has 0 aliphatic rings. The van der Waals surface area contributed by atoms with Gasteiger partial charge in [-0.3, -0.25) is 0 Å². The first-order chi connectivity index (χ1) is 7.24. The van der Waals surface area contributed by atoms with Gasteiger partial charge in [0.25, 0.3) is 0 Å². The highest BCUT2D eigenvalue weighted by molar-refractivity contribution is 9.09. The zero-order valence-electron chi connectivity index (χ0n) is 7.92. The molecule has 0 saturated carbocycles. The Balaban J connectivity index is 2.43. The van der Waals surface area contributed by atoms with Crippen LogP contribution in [0.1, 0.15) is 11.8 Å². The molecule has 5 heteroatoms. The third-order valence-corrected chi connectivity index (χ3v) is 2.93. The summed E-state index contributed by atoms with van der Waals surface area (Å²) in [5.74, 6) is 0. The number of imidazole rings is 1. The van der Waals surface area contributed by atoms with Gasteiger partial charge in [0, 0.05) is 11.5 Å². The van der Waals surface area contributed by atoms with Crippen molar-refractivity contribution in [3.05, 3.63) is 36.3 Å². The lowest BCUT2D eigenvalue weighted by Crippen LogP contribution is -2.20. The molecule has 0 aliphatic carbocycles. The third-order valence-electron chi connectivity index (χ3n) is 2.27. The Bertz CT molecular complexity index is 457. The minimum atomic E-state index is -0.929. The van der Waals surface area contributed by atoms with Gasteiger partial charge in [0.2, 0.25) is 0 Å². The monoisotopic (exact) mass is 270 g/mol. The molecule has 4 nitrogen and oxygen atoms in total. The van der Waals surface area contributed by atoms with E-state index < -0.39 is 12.2 Å². The highest BCUT2D eigenvalue weighted by atomic mass is 79.9. The SMILES string of the molecule is OC(CBr)C(O)c1cnc2ccccn12. The van der Waals surface area contributed by atoms with Crippen LogP contribution in [0.15, 0.2) is 30.6 Å². The lowest BCUT2D eigenvalue weighted by atomic mass is 10.2. The van der Waals surface area contributed by atoms with E-state index in [0.29, 0.717) is 11.0 Å². The molecule has 2 aromatic rings. The molecule has 0 radical (unpaired) electrons. The van der Waals surface area contributed by atoms with Crippen molar-refractivity contribution in [1.82, 2.24) is 9.38 Å². The summed E-state index contributed by atoms with van der Waals surface area (Å²) in [6.45, 7) is 0. The Kier molecular flexibility index (Phi) is 3.04. The zero-order valence-corrected chi connectivity index (χ0v) is 9.50. The molecule has 2 heterocycles. The maximum atomic E-state index is 9.84. The summed E-state index contributed by atoms with van der Waals surface area (Å²) in [5, 5.41) is 19.7. The first kappa shape index (κ1) is 10.6. The maximum Gasteiger partial charge on any atom is 0.136 e. The van der Waals surface area contributed by atoms with Crippen molar-refractivity contribution >= 4 is 21.6 Å². The normalized spacial score (nSPS) is 15.4. The van der Waals surface area contributed by atoms with E-state index in [2.05, 4.69) is 20.9 Å². The van der Waals surface area contributed by atoms with Gasteiger partial charge >= 0.3 is 0 Å². The number of hydrogen-bond acceptors (Lipinski definition) is 3. The van der Waals surface area contributed by atoms with E-state index in [1.807, 2.05) is 24.4 Å². The van der Waals surface area contributed by atoms with E-state index in [0.717, 1.165) is 5.65 Å². The topological polar surface area (TPSA) is 57.8 Å². The number of hydrogen-bond donors (Lipinski definition) is 2. The van der Waals surface area contributed by atoms with Crippen LogP contribution in [-0.4, -0.2) is 31.0 Å². The smallest absolute Gasteiger partial charge is 0.136 e. The molecule has 15 heavy (non-hydrogen) atoms. The fraction of sp³-hybridized carbons (Fsp3) is 0.300. The van der Waals surface area contributed by atoms with E-state index in [1.165, 1.54) is 0 Å². The third kappa shape index (κ3) is 1.90. The van der Waals surface area contributed by atoms with Gasteiger partial charge in [0.05, 0.1) is 18.0 Å². The minimum absolute atomic E-state index is 0.328. The number of aromatic nitrogens is 2. The first-order valence-electron chi connectivity index (χ1n) is 4.58. The van der Waals surface area contributed by atoms with Crippen molar-refractivity contribution < 1.29 is 10.2 Å². The summed E-state index contributed by atoms with van der Waals surface area (Å²) in [5.41, 5.74) is 1.35. The van der Waals surface area contributed by atoms with E-state index >= 15 is 0 Å². The second-order valence-corrected chi connectivity index (χ2v) is 3.93. The van der Waals surface area contributed by atoms with Crippen molar-refractivity contribution in [2.45, 2.75) is 12.2 Å². The van der Waals surface area contributed by atoms with Crippen LogP contribution in [0.5, 0.6) is 0 Å². The van der Waals surface area contributed by atoms with Crippen molar-refractivity contribution in [2.24, 2.45) is 0 Å². The van der Waals surface area contributed by atoms with E-state index in [9.17, 15) is 10.2 Å². The molecule has 2 atom stereocenters. The van der Waals surface area contributed by atoms with Gasteiger partial charge in [-0.1, -0.05) is 22.0 Å². The van der Waals surface area contributed by atoms with E-state index in [1.54, 1.807) is 10.6 Å². The largest absolute Gasteiger partial charge is 0.389 e. The molecule has 2 unspecified atom stereocenters. The molecule has 2 N–H and O–H groups in total. The van der Waals surface area contributed by atoms with Gasteiger partial charge in [-0.05, 0) is 12.1 Å². The summed E-state index contributed by atoms with van der Waals surface area (Å²) < 4.78 is 1.76. The first-order valence-corrected chi connectivity index (χ1v) is 5.70. The zero-order chi connectivity index (χ0) is 10.8. The van der Waals surface area contributed by atoms with Crippen molar-refractivity contribution in [3.63, 3.8) is 0 Å². The molecular weight excluding hydrogens is 260 g/mol. The molecular formula is C10H11BrN2O2. The van der Waals surface area contributed by atoms with Crippen molar-refractivity contribution in [3.8, 4) is 0 Å². The van der Waals surface area contributed by atoms with Crippen molar-refractivity contribution in [1.29, 1.82) is 0 Å². The summed E-state index contributed by atoms with van der Waals surface area (Å²) in [7, 11) is 0. The number of aliphatic hydroxyl groups excluding tert-OH is 2. The molecule has 80 valence electrons. The van der Waals surface area contributed by atoms with Crippen LogP contribution in [0.3, 0.4) is 0 Å². The highest BCUT2D eigenvalue weighted by Crippen LogP contribution is 2.19. The number of rotatable bonds is 3. The van der Waals surface area contributed by atoms with Crippen LogP contribution < -0.4 is 0 Å². The maximum absolute atomic E-state index is 9.84. The van der Waals surface area contributed by atoms with E-state index in [-0.39, 0.29) is 0 Å². The van der Waals surface area contributed by atoms with Crippen LogP contribution in [-0.2, 0) is 0 Å². The van der Waals surface area contributed by atoms with Crippen LogP contribution in [0.25, 0.3) is 5.65 Å².